The van der Waals surface area contributed by atoms with Crippen LogP contribution in [-0.2, 0) is 4.79 Å². The van der Waals surface area contributed by atoms with E-state index >= 15 is 0 Å². The molecule has 1 aliphatic heterocycles. The lowest BCUT2D eigenvalue weighted by molar-refractivity contribution is -0.138. The largest absolute Gasteiger partial charge is 0.508 e. The van der Waals surface area contributed by atoms with Gasteiger partial charge in [0.15, 0.2) is 0 Å². The molecule has 0 aliphatic carbocycles. The van der Waals surface area contributed by atoms with Crippen molar-refractivity contribution in [2.45, 2.75) is 11.4 Å². The van der Waals surface area contributed by atoms with E-state index in [9.17, 15) is 9.90 Å². The predicted octanol–water partition coefficient (Wildman–Crippen LogP) is 1.18. The first-order valence-electron chi connectivity index (χ1n) is 4.56. The first kappa shape index (κ1) is 10.3. The van der Waals surface area contributed by atoms with Gasteiger partial charge in [0.05, 0.1) is 5.37 Å². The van der Waals surface area contributed by atoms with E-state index in [0.29, 0.717) is 5.75 Å². The van der Waals surface area contributed by atoms with E-state index in [0.717, 1.165) is 5.56 Å². The van der Waals surface area contributed by atoms with Crippen LogP contribution in [-0.4, -0.2) is 28.0 Å². The molecule has 80 valence electrons. The zero-order chi connectivity index (χ0) is 10.8. The zero-order valence-electron chi connectivity index (χ0n) is 7.88. The average Bonchev–Trinajstić information content (AvgIpc) is 2.66. The highest BCUT2D eigenvalue weighted by Crippen LogP contribution is 2.33. The summed E-state index contributed by atoms with van der Waals surface area (Å²) in [4.78, 5) is 10.7. The van der Waals surface area contributed by atoms with Crippen LogP contribution in [0.5, 0.6) is 5.75 Å². The van der Waals surface area contributed by atoms with Gasteiger partial charge in [-0.2, -0.15) is 0 Å². The van der Waals surface area contributed by atoms with E-state index in [1.165, 1.54) is 11.8 Å². The number of benzene rings is 1. The van der Waals surface area contributed by atoms with Crippen molar-refractivity contribution in [3.05, 3.63) is 29.8 Å². The minimum Gasteiger partial charge on any atom is -0.508 e. The molecule has 5 heteroatoms. The second-order valence-corrected chi connectivity index (χ2v) is 4.50. The standard InChI is InChI=1S/C10H11NO3S/c12-7-3-1-2-6(4-7)9-11-8(5-15-9)10(13)14/h1-4,8-9,11-12H,5H2,(H,13,14)/t8-,9+/m0/s1. The third kappa shape index (κ3) is 2.24. The maximum atomic E-state index is 10.7. The summed E-state index contributed by atoms with van der Waals surface area (Å²) in [5.74, 6) is -0.0748. The molecule has 1 saturated heterocycles. The van der Waals surface area contributed by atoms with Crippen LogP contribution >= 0.6 is 11.8 Å². The number of aliphatic carboxylic acids is 1. The molecular formula is C10H11NO3S. The van der Waals surface area contributed by atoms with Crippen molar-refractivity contribution in [2.24, 2.45) is 0 Å². The second kappa shape index (κ2) is 4.12. The summed E-state index contributed by atoms with van der Waals surface area (Å²) in [5.41, 5.74) is 0.906. The molecule has 1 aromatic carbocycles. The first-order chi connectivity index (χ1) is 7.16. The van der Waals surface area contributed by atoms with Crippen LogP contribution in [0.4, 0.5) is 0 Å². The number of rotatable bonds is 2. The van der Waals surface area contributed by atoms with Gasteiger partial charge in [0.1, 0.15) is 11.8 Å². The molecule has 3 N–H and O–H groups in total. The number of carboxylic acid groups (broad SMARTS) is 1. The van der Waals surface area contributed by atoms with Crippen molar-refractivity contribution in [3.8, 4) is 5.75 Å². The van der Waals surface area contributed by atoms with Gasteiger partial charge in [0, 0.05) is 5.75 Å². The Kier molecular flexibility index (Phi) is 2.83. The number of hydrogen-bond donors (Lipinski definition) is 3. The highest BCUT2D eigenvalue weighted by atomic mass is 32.2. The van der Waals surface area contributed by atoms with Gasteiger partial charge < -0.3 is 10.2 Å². The molecule has 1 fully saturated rings. The molecule has 2 rings (SSSR count). The highest BCUT2D eigenvalue weighted by molar-refractivity contribution is 7.99. The maximum absolute atomic E-state index is 10.7. The number of aromatic hydroxyl groups is 1. The Morgan fingerprint density at radius 3 is 2.93 bits per heavy atom. The molecule has 1 aromatic rings. The van der Waals surface area contributed by atoms with Crippen LogP contribution < -0.4 is 5.32 Å². The number of nitrogens with one attached hydrogen (secondary N) is 1. The summed E-state index contributed by atoms with van der Waals surface area (Å²) in [7, 11) is 0. The summed E-state index contributed by atoms with van der Waals surface area (Å²) in [6.45, 7) is 0. The van der Waals surface area contributed by atoms with Crippen molar-refractivity contribution in [3.63, 3.8) is 0 Å². The van der Waals surface area contributed by atoms with Crippen molar-refractivity contribution in [1.82, 2.24) is 5.32 Å². The van der Waals surface area contributed by atoms with Gasteiger partial charge in [-0.3, -0.25) is 10.1 Å². The van der Waals surface area contributed by atoms with Crippen LogP contribution in [0.2, 0.25) is 0 Å². The smallest absolute Gasteiger partial charge is 0.321 e. The van der Waals surface area contributed by atoms with E-state index in [4.69, 9.17) is 5.11 Å². The third-order valence-corrected chi connectivity index (χ3v) is 3.52. The normalized spacial score (nSPS) is 25.3. The summed E-state index contributed by atoms with van der Waals surface area (Å²) >= 11 is 1.54. The quantitative estimate of drug-likeness (QED) is 0.705. The number of hydrogen-bond acceptors (Lipinski definition) is 4. The molecule has 0 saturated carbocycles. The van der Waals surface area contributed by atoms with Gasteiger partial charge in [0.25, 0.3) is 0 Å². The fourth-order valence-electron chi connectivity index (χ4n) is 1.49. The summed E-state index contributed by atoms with van der Waals surface area (Å²) in [5, 5.41) is 21.0. The molecule has 0 unspecified atom stereocenters. The van der Waals surface area contributed by atoms with Gasteiger partial charge in [-0.1, -0.05) is 12.1 Å². The Bertz CT molecular complexity index is 383. The number of phenols is 1. The van der Waals surface area contributed by atoms with E-state index in [2.05, 4.69) is 5.32 Å². The third-order valence-electron chi connectivity index (χ3n) is 2.25. The molecule has 0 radical (unpaired) electrons. The summed E-state index contributed by atoms with van der Waals surface area (Å²) in [6.07, 6.45) is 0. The molecule has 15 heavy (non-hydrogen) atoms. The van der Waals surface area contributed by atoms with Crippen molar-refractivity contribution >= 4 is 17.7 Å². The van der Waals surface area contributed by atoms with Crippen molar-refractivity contribution in [2.75, 3.05) is 5.75 Å². The van der Waals surface area contributed by atoms with E-state index in [-0.39, 0.29) is 11.1 Å². The van der Waals surface area contributed by atoms with Crippen LogP contribution in [0, 0.1) is 0 Å². The van der Waals surface area contributed by atoms with Gasteiger partial charge in [0.2, 0.25) is 0 Å². The van der Waals surface area contributed by atoms with Crippen LogP contribution in [0.25, 0.3) is 0 Å². The molecule has 2 atom stereocenters. The maximum Gasteiger partial charge on any atom is 0.321 e. The van der Waals surface area contributed by atoms with E-state index in [1.807, 2.05) is 6.07 Å². The summed E-state index contributed by atoms with van der Waals surface area (Å²) in [6, 6.07) is 6.37. The fourth-order valence-corrected chi connectivity index (χ4v) is 2.72. The Balaban J connectivity index is 2.11. The van der Waals surface area contributed by atoms with Gasteiger partial charge in [-0.05, 0) is 17.7 Å². The van der Waals surface area contributed by atoms with Crippen LogP contribution in [0.3, 0.4) is 0 Å². The molecule has 0 amide bonds. The number of phenolic OH excluding ortho intramolecular Hbond substituents is 1. The minimum atomic E-state index is -0.829. The Morgan fingerprint density at radius 2 is 2.33 bits per heavy atom. The second-order valence-electron chi connectivity index (χ2n) is 3.37. The SMILES string of the molecule is O=C(O)[C@@H]1CS[C@H](c2cccc(O)c2)N1. The van der Waals surface area contributed by atoms with Crippen molar-refractivity contribution < 1.29 is 15.0 Å². The fraction of sp³-hybridized carbons (Fsp3) is 0.300. The molecule has 0 bridgehead atoms. The van der Waals surface area contributed by atoms with Gasteiger partial charge in [-0.15, -0.1) is 11.8 Å². The van der Waals surface area contributed by atoms with E-state index < -0.39 is 12.0 Å². The molecular weight excluding hydrogens is 214 g/mol. The molecule has 1 aliphatic rings. The number of carboxylic acids is 1. The number of carbonyl (C=O) groups is 1. The molecule has 4 nitrogen and oxygen atoms in total. The average molecular weight is 225 g/mol. The van der Waals surface area contributed by atoms with E-state index in [1.54, 1.807) is 18.2 Å². The van der Waals surface area contributed by atoms with Gasteiger partial charge >= 0.3 is 5.97 Å². The zero-order valence-corrected chi connectivity index (χ0v) is 8.70. The van der Waals surface area contributed by atoms with Gasteiger partial charge in [-0.25, -0.2) is 0 Å². The number of thioether (sulfide) groups is 1. The molecule has 0 aromatic heterocycles. The topological polar surface area (TPSA) is 69.6 Å². The Morgan fingerprint density at radius 1 is 1.53 bits per heavy atom. The minimum absolute atomic E-state index is 0.0433. The Labute approximate surface area is 91.3 Å². The summed E-state index contributed by atoms with van der Waals surface area (Å²) < 4.78 is 0. The van der Waals surface area contributed by atoms with Crippen LogP contribution in [0.15, 0.2) is 24.3 Å². The monoisotopic (exact) mass is 225 g/mol. The highest BCUT2D eigenvalue weighted by Gasteiger charge is 2.30. The lowest BCUT2D eigenvalue weighted by atomic mass is 10.2. The lowest BCUT2D eigenvalue weighted by Gasteiger charge is -2.11. The van der Waals surface area contributed by atoms with Crippen LogP contribution in [0.1, 0.15) is 10.9 Å². The molecule has 1 heterocycles. The van der Waals surface area contributed by atoms with Crippen molar-refractivity contribution in [1.29, 1.82) is 0 Å². The molecule has 0 spiro atoms. The first-order valence-corrected chi connectivity index (χ1v) is 5.61. The predicted molar refractivity (Wildman–Crippen MR) is 57.9 cm³/mol. The lowest BCUT2D eigenvalue weighted by Crippen LogP contribution is -2.33. The Hall–Kier alpha value is -1.20.